The second-order valence-corrected chi connectivity index (χ2v) is 4.59. The van der Waals surface area contributed by atoms with Crippen LogP contribution in [0.1, 0.15) is 19.8 Å². The third-order valence-corrected chi connectivity index (χ3v) is 2.66. The molecule has 0 aliphatic carbocycles. The normalized spacial score (nSPS) is 12.4. The third-order valence-electron chi connectivity index (χ3n) is 2.23. The average molecular weight is 288 g/mol. The van der Waals surface area contributed by atoms with Gasteiger partial charge in [0.1, 0.15) is 5.82 Å². The summed E-state index contributed by atoms with van der Waals surface area (Å²) in [7, 11) is 1.70. The highest BCUT2D eigenvalue weighted by Gasteiger charge is 2.10. The predicted octanol–water partition coefficient (Wildman–Crippen LogP) is 2.65. The van der Waals surface area contributed by atoms with Crippen molar-refractivity contribution in [3.05, 3.63) is 16.7 Å². The van der Waals surface area contributed by atoms with Crippen LogP contribution < -0.4 is 11.1 Å². The first kappa shape index (κ1) is 13.3. The lowest BCUT2D eigenvalue weighted by Crippen LogP contribution is -2.25. The van der Waals surface area contributed by atoms with E-state index in [9.17, 15) is 0 Å². The molecule has 16 heavy (non-hydrogen) atoms. The quantitative estimate of drug-likeness (QED) is 0.845. The Bertz CT molecular complexity index is 327. The van der Waals surface area contributed by atoms with Crippen LogP contribution in [0.3, 0.4) is 0 Å². The molecule has 3 N–H and O–H groups in total. The van der Waals surface area contributed by atoms with Gasteiger partial charge in [0, 0.05) is 17.8 Å². The van der Waals surface area contributed by atoms with Gasteiger partial charge in [-0.05, 0) is 28.4 Å². The van der Waals surface area contributed by atoms with E-state index >= 15 is 0 Å². The van der Waals surface area contributed by atoms with Crippen molar-refractivity contribution < 1.29 is 4.74 Å². The van der Waals surface area contributed by atoms with Crippen LogP contribution in [0.2, 0.25) is 0 Å². The van der Waals surface area contributed by atoms with Crippen molar-refractivity contribution in [2.75, 3.05) is 24.8 Å². The van der Waals surface area contributed by atoms with Gasteiger partial charge >= 0.3 is 0 Å². The highest BCUT2D eigenvalue weighted by atomic mass is 79.9. The highest BCUT2D eigenvalue weighted by Crippen LogP contribution is 2.21. The summed E-state index contributed by atoms with van der Waals surface area (Å²) in [4.78, 5) is 4.24. The number of anilines is 2. The minimum absolute atomic E-state index is 0.256. The molecule has 1 aromatic rings. The summed E-state index contributed by atoms with van der Waals surface area (Å²) in [6.45, 7) is 2.80. The second kappa shape index (κ2) is 6.70. The van der Waals surface area contributed by atoms with Crippen molar-refractivity contribution >= 4 is 27.4 Å². The third kappa shape index (κ3) is 3.98. The summed E-state index contributed by atoms with van der Waals surface area (Å²) in [5.74, 6) is 0.721. The van der Waals surface area contributed by atoms with E-state index in [-0.39, 0.29) is 6.04 Å². The van der Waals surface area contributed by atoms with Crippen LogP contribution in [0.5, 0.6) is 0 Å². The second-order valence-electron chi connectivity index (χ2n) is 3.68. The van der Waals surface area contributed by atoms with Crippen LogP contribution in [0, 0.1) is 0 Å². The van der Waals surface area contributed by atoms with E-state index in [0.29, 0.717) is 12.3 Å². The van der Waals surface area contributed by atoms with Crippen molar-refractivity contribution in [3.8, 4) is 0 Å². The maximum absolute atomic E-state index is 5.87. The van der Waals surface area contributed by atoms with E-state index in [0.717, 1.165) is 23.1 Å². The van der Waals surface area contributed by atoms with Gasteiger partial charge in [-0.2, -0.15) is 0 Å². The zero-order valence-electron chi connectivity index (χ0n) is 9.66. The van der Waals surface area contributed by atoms with Crippen LogP contribution in [-0.4, -0.2) is 24.7 Å². The lowest BCUT2D eigenvalue weighted by atomic mass is 10.2. The van der Waals surface area contributed by atoms with Crippen LogP contribution in [-0.2, 0) is 4.74 Å². The van der Waals surface area contributed by atoms with E-state index in [2.05, 4.69) is 33.2 Å². The van der Waals surface area contributed by atoms with E-state index in [1.807, 2.05) is 6.07 Å². The maximum atomic E-state index is 5.87. The number of nitrogens with two attached hydrogens (primary N) is 1. The zero-order valence-corrected chi connectivity index (χ0v) is 11.3. The first-order valence-electron chi connectivity index (χ1n) is 5.33. The molecule has 0 saturated heterocycles. The predicted molar refractivity (Wildman–Crippen MR) is 70.5 cm³/mol. The van der Waals surface area contributed by atoms with E-state index in [1.165, 1.54) is 0 Å². The van der Waals surface area contributed by atoms with Gasteiger partial charge in [-0.1, -0.05) is 13.3 Å². The summed E-state index contributed by atoms with van der Waals surface area (Å²) in [6, 6.07) is 2.09. The molecule has 0 aliphatic rings. The molecule has 4 nitrogen and oxygen atoms in total. The van der Waals surface area contributed by atoms with E-state index in [4.69, 9.17) is 10.5 Å². The standard InChI is InChI=1S/C11H18BrN3O/c1-3-4-9(7-16-2)15-11-10(13)5-8(12)6-14-11/h5-6,9H,3-4,7,13H2,1-2H3,(H,14,15). The van der Waals surface area contributed by atoms with Gasteiger partial charge in [0.25, 0.3) is 0 Å². The molecule has 0 bridgehead atoms. The van der Waals surface area contributed by atoms with E-state index in [1.54, 1.807) is 13.3 Å². The Morgan fingerprint density at radius 3 is 2.94 bits per heavy atom. The Balaban J connectivity index is 2.68. The van der Waals surface area contributed by atoms with Gasteiger partial charge in [0.2, 0.25) is 0 Å². The molecular weight excluding hydrogens is 270 g/mol. The largest absolute Gasteiger partial charge is 0.396 e. The molecule has 0 aliphatic heterocycles. The molecule has 1 unspecified atom stereocenters. The molecule has 1 heterocycles. The Morgan fingerprint density at radius 1 is 1.62 bits per heavy atom. The lowest BCUT2D eigenvalue weighted by molar-refractivity contribution is 0.182. The van der Waals surface area contributed by atoms with Crippen LogP contribution in [0.4, 0.5) is 11.5 Å². The molecular formula is C11H18BrN3O. The van der Waals surface area contributed by atoms with Gasteiger partial charge in [-0.25, -0.2) is 4.98 Å². The summed E-state index contributed by atoms with van der Waals surface area (Å²) in [5.41, 5.74) is 6.51. The molecule has 1 aromatic heterocycles. The van der Waals surface area contributed by atoms with Gasteiger partial charge in [0.05, 0.1) is 18.3 Å². The monoisotopic (exact) mass is 287 g/mol. The molecule has 5 heteroatoms. The number of ether oxygens (including phenoxy) is 1. The molecule has 90 valence electrons. The highest BCUT2D eigenvalue weighted by molar-refractivity contribution is 9.10. The fourth-order valence-electron chi connectivity index (χ4n) is 1.52. The molecule has 0 radical (unpaired) electrons. The summed E-state index contributed by atoms with van der Waals surface area (Å²) >= 11 is 3.33. The number of aromatic nitrogens is 1. The Hall–Kier alpha value is -0.810. The zero-order chi connectivity index (χ0) is 12.0. The van der Waals surface area contributed by atoms with E-state index < -0.39 is 0 Å². The number of nitrogen functional groups attached to an aromatic ring is 1. The number of rotatable bonds is 6. The Morgan fingerprint density at radius 2 is 2.38 bits per heavy atom. The molecule has 0 saturated carbocycles. The van der Waals surface area contributed by atoms with Gasteiger partial charge in [-0.3, -0.25) is 0 Å². The summed E-state index contributed by atoms with van der Waals surface area (Å²) < 4.78 is 6.04. The number of pyridine rings is 1. The molecule has 0 fully saturated rings. The summed E-state index contributed by atoms with van der Waals surface area (Å²) in [5, 5.41) is 3.29. The van der Waals surface area contributed by atoms with Crippen molar-refractivity contribution in [1.82, 2.24) is 4.98 Å². The van der Waals surface area contributed by atoms with Crippen molar-refractivity contribution in [3.63, 3.8) is 0 Å². The minimum atomic E-state index is 0.256. The number of halogens is 1. The molecule has 0 amide bonds. The topological polar surface area (TPSA) is 60.2 Å². The van der Waals surface area contributed by atoms with Crippen LogP contribution >= 0.6 is 15.9 Å². The number of nitrogens with one attached hydrogen (secondary N) is 1. The Labute approximate surface area is 105 Å². The fourth-order valence-corrected chi connectivity index (χ4v) is 1.86. The van der Waals surface area contributed by atoms with Crippen molar-refractivity contribution in [1.29, 1.82) is 0 Å². The molecule has 1 rings (SSSR count). The van der Waals surface area contributed by atoms with Crippen molar-refractivity contribution in [2.24, 2.45) is 0 Å². The first-order valence-corrected chi connectivity index (χ1v) is 6.13. The SMILES string of the molecule is CCCC(COC)Nc1ncc(Br)cc1N. The number of hydrogen-bond donors (Lipinski definition) is 2. The minimum Gasteiger partial charge on any atom is -0.396 e. The molecule has 0 aromatic carbocycles. The fraction of sp³-hybridized carbons (Fsp3) is 0.545. The maximum Gasteiger partial charge on any atom is 0.149 e. The van der Waals surface area contributed by atoms with Crippen LogP contribution in [0.25, 0.3) is 0 Å². The first-order chi connectivity index (χ1) is 7.67. The molecule has 1 atom stereocenters. The number of nitrogens with zero attached hydrogens (tertiary/aromatic N) is 1. The molecule has 0 spiro atoms. The van der Waals surface area contributed by atoms with Gasteiger partial charge in [-0.15, -0.1) is 0 Å². The average Bonchev–Trinajstić information content (AvgIpc) is 2.23. The summed E-state index contributed by atoms with van der Waals surface area (Å²) in [6.07, 6.45) is 3.86. The van der Waals surface area contributed by atoms with Gasteiger partial charge < -0.3 is 15.8 Å². The Kier molecular flexibility index (Phi) is 5.55. The number of methoxy groups -OCH3 is 1. The van der Waals surface area contributed by atoms with Crippen molar-refractivity contribution in [2.45, 2.75) is 25.8 Å². The van der Waals surface area contributed by atoms with Gasteiger partial charge in [0.15, 0.2) is 0 Å². The van der Waals surface area contributed by atoms with Crippen LogP contribution in [0.15, 0.2) is 16.7 Å². The number of hydrogen-bond acceptors (Lipinski definition) is 4. The lowest BCUT2D eigenvalue weighted by Gasteiger charge is -2.18. The smallest absolute Gasteiger partial charge is 0.149 e.